The minimum absolute atomic E-state index is 0.128. The van der Waals surface area contributed by atoms with E-state index in [1.165, 1.54) is 21.3 Å². The van der Waals surface area contributed by atoms with E-state index in [1.54, 1.807) is 22.7 Å². The standard InChI is InChI=1S/C29H33N5OS3/c1-6-29(4,5)18-11-12-20-21(14-30)27(38-24(20)13-18)31-25(35)16-37-28-33-32-26(34(28)17(2)3)22-15-36-23-10-8-7-9-19(22)23/h7-10,15,17-18H,6,11-13,16H2,1-5H3,(H,31,35). The maximum atomic E-state index is 13.0. The molecule has 4 aromatic rings. The Morgan fingerprint density at radius 1 is 1.32 bits per heavy atom. The fourth-order valence-electron chi connectivity index (χ4n) is 5.22. The van der Waals surface area contributed by atoms with E-state index >= 15 is 0 Å². The molecule has 38 heavy (non-hydrogen) atoms. The Kier molecular flexibility index (Phi) is 7.67. The number of nitriles is 1. The van der Waals surface area contributed by atoms with Gasteiger partial charge in [-0.05, 0) is 56.1 Å². The van der Waals surface area contributed by atoms with Gasteiger partial charge in [-0.1, -0.05) is 57.2 Å². The van der Waals surface area contributed by atoms with Crippen LogP contribution in [0.15, 0.2) is 34.8 Å². The summed E-state index contributed by atoms with van der Waals surface area (Å²) >= 11 is 4.66. The number of thiophene rings is 2. The number of aromatic nitrogens is 3. The number of benzene rings is 1. The Bertz CT molecular complexity index is 1520. The van der Waals surface area contributed by atoms with Crippen LogP contribution < -0.4 is 5.32 Å². The van der Waals surface area contributed by atoms with E-state index in [1.807, 2.05) is 12.1 Å². The fourth-order valence-corrected chi connectivity index (χ4v) is 8.32. The van der Waals surface area contributed by atoms with Crippen LogP contribution in [0.25, 0.3) is 21.5 Å². The lowest BCUT2D eigenvalue weighted by molar-refractivity contribution is -0.113. The molecular weight excluding hydrogens is 531 g/mol. The lowest BCUT2D eigenvalue weighted by atomic mass is 9.69. The number of anilines is 1. The molecule has 3 aromatic heterocycles. The molecule has 5 rings (SSSR count). The maximum absolute atomic E-state index is 13.0. The molecule has 1 unspecified atom stereocenters. The Morgan fingerprint density at radius 2 is 2.11 bits per heavy atom. The summed E-state index contributed by atoms with van der Waals surface area (Å²) in [5.74, 6) is 1.49. The van der Waals surface area contributed by atoms with Crippen molar-refractivity contribution in [3.05, 3.63) is 45.6 Å². The second kappa shape index (κ2) is 10.8. The molecule has 9 heteroatoms. The number of hydrogen-bond donors (Lipinski definition) is 1. The van der Waals surface area contributed by atoms with Gasteiger partial charge in [0.15, 0.2) is 11.0 Å². The molecule has 1 aliphatic rings. The molecule has 1 amide bonds. The molecule has 1 N–H and O–H groups in total. The Morgan fingerprint density at radius 3 is 2.84 bits per heavy atom. The van der Waals surface area contributed by atoms with Gasteiger partial charge in [0.1, 0.15) is 11.1 Å². The molecule has 198 valence electrons. The first-order valence-corrected chi connectivity index (χ1v) is 15.8. The van der Waals surface area contributed by atoms with E-state index in [-0.39, 0.29) is 23.1 Å². The van der Waals surface area contributed by atoms with E-state index in [2.05, 4.69) is 78.3 Å². The summed E-state index contributed by atoms with van der Waals surface area (Å²) in [6.07, 6.45) is 4.12. The largest absolute Gasteiger partial charge is 0.316 e. The predicted molar refractivity (Wildman–Crippen MR) is 159 cm³/mol. The third-order valence-electron chi connectivity index (χ3n) is 7.88. The molecular formula is C29H33N5OS3. The number of nitrogens with zero attached hydrogens (tertiary/aromatic N) is 4. The minimum atomic E-state index is -0.128. The first kappa shape index (κ1) is 26.9. The molecule has 0 saturated carbocycles. The number of carbonyl (C=O) groups is 1. The molecule has 1 aromatic carbocycles. The molecule has 0 aliphatic heterocycles. The van der Waals surface area contributed by atoms with Crippen LogP contribution in [0.1, 0.15) is 69.5 Å². The van der Waals surface area contributed by atoms with E-state index in [0.717, 1.165) is 53.2 Å². The van der Waals surface area contributed by atoms with Crippen LogP contribution in [0.5, 0.6) is 0 Å². The van der Waals surface area contributed by atoms with E-state index in [4.69, 9.17) is 0 Å². The summed E-state index contributed by atoms with van der Waals surface area (Å²) in [5.41, 5.74) is 3.12. The molecule has 1 aliphatic carbocycles. The van der Waals surface area contributed by atoms with Crippen LogP contribution in [-0.4, -0.2) is 26.4 Å². The number of carbonyl (C=O) groups excluding carboxylic acids is 1. The summed E-state index contributed by atoms with van der Waals surface area (Å²) in [7, 11) is 0. The van der Waals surface area contributed by atoms with Gasteiger partial charge in [0, 0.05) is 31.9 Å². The van der Waals surface area contributed by atoms with Crippen molar-refractivity contribution in [1.29, 1.82) is 5.26 Å². The molecule has 0 bridgehead atoms. The molecule has 0 radical (unpaired) electrons. The van der Waals surface area contributed by atoms with Crippen molar-refractivity contribution in [2.45, 2.75) is 71.5 Å². The summed E-state index contributed by atoms with van der Waals surface area (Å²) < 4.78 is 3.32. The third-order valence-corrected chi connectivity index (χ3v) is 11.0. The van der Waals surface area contributed by atoms with Gasteiger partial charge in [-0.3, -0.25) is 9.36 Å². The lowest BCUT2D eigenvalue weighted by Gasteiger charge is -2.36. The molecule has 6 nitrogen and oxygen atoms in total. The summed E-state index contributed by atoms with van der Waals surface area (Å²) in [4.78, 5) is 14.3. The average Bonchev–Trinajstić information content (AvgIpc) is 3.61. The first-order chi connectivity index (χ1) is 18.2. The van der Waals surface area contributed by atoms with Crippen LogP contribution >= 0.6 is 34.4 Å². The smallest absolute Gasteiger partial charge is 0.235 e. The van der Waals surface area contributed by atoms with Gasteiger partial charge in [-0.25, -0.2) is 0 Å². The van der Waals surface area contributed by atoms with Crippen LogP contribution in [0, 0.1) is 22.7 Å². The van der Waals surface area contributed by atoms with E-state index in [0.29, 0.717) is 16.5 Å². The van der Waals surface area contributed by atoms with Gasteiger partial charge in [0.05, 0.1) is 11.3 Å². The van der Waals surface area contributed by atoms with Crippen LogP contribution in [0.2, 0.25) is 0 Å². The highest BCUT2D eigenvalue weighted by Gasteiger charge is 2.34. The van der Waals surface area contributed by atoms with Gasteiger partial charge in [-0.2, -0.15) is 5.26 Å². The molecule has 0 saturated heterocycles. The Hall–Kier alpha value is -2.67. The number of hydrogen-bond acceptors (Lipinski definition) is 7. The third kappa shape index (κ3) is 5.02. The second-order valence-electron chi connectivity index (χ2n) is 10.9. The molecule has 3 heterocycles. The van der Waals surface area contributed by atoms with Crippen molar-refractivity contribution < 1.29 is 4.79 Å². The van der Waals surface area contributed by atoms with Gasteiger partial charge in [-0.15, -0.1) is 32.9 Å². The topological polar surface area (TPSA) is 83.6 Å². The number of fused-ring (bicyclic) bond motifs is 2. The van der Waals surface area contributed by atoms with E-state index < -0.39 is 0 Å². The number of rotatable bonds is 8. The van der Waals surface area contributed by atoms with Gasteiger partial charge in [0.2, 0.25) is 5.91 Å². The van der Waals surface area contributed by atoms with Crippen LogP contribution in [0.3, 0.4) is 0 Å². The van der Waals surface area contributed by atoms with Crippen molar-refractivity contribution in [3.63, 3.8) is 0 Å². The normalized spacial score (nSPS) is 15.6. The van der Waals surface area contributed by atoms with Gasteiger partial charge in [0.25, 0.3) is 0 Å². The highest BCUT2D eigenvalue weighted by atomic mass is 32.2. The van der Waals surface area contributed by atoms with Gasteiger partial charge >= 0.3 is 0 Å². The van der Waals surface area contributed by atoms with Crippen molar-refractivity contribution in [1.82, 2.24) is 14.8 Å². The van der Waals surface area contributed by atoms with E-state index in [9.17, 15) is 10.1 Å². The zero-order valence-electron chi connectivity index (χ0n) is 22.5. The number of amides is 1. The van der Waals surface area contributed by atoms with Gasteiger partial charge < -0.3 is 5.32 Å². The average molecular weight is 564 g/mol. The summed E-state index contributed by atoms with van der Waals surface area (Å²) in [5, 5.41) is 26.6. The molecule has 0 fully saturated rings. The first-order valence-electron chi connectivity index (χ1n) is 13.1. The zero-order valence-corrected chi connectivity index (χ0v) is 24.9. The minimum Gasteiger partial charge on any atom is -0.316 e. The van der Waals surface area contributed by atoms with Crippen LogP contribution in [0.4, 0.5) is 5.00 Å². The Balaban J connectivity index is 1.32. The second-order valence-corrected chi connectivity index (χ2v) is 13.8. The Labute approximate surface area is 236 Å². The zero-order chi connectivity index (χ0) is 27.0. The van der Waals surface area contributed by atoms with Crippen molar-refractivity contribution in [2.75, 3.05) is 11.1 Å². The van der Waals surface area contributed by atoms with Crippen molar-refractivity contribution in [3.8, 4) is 17.5 Å². The highest BCUT2D eigenvalue weighted by molar-refractivity contribution is 7.99. The highest BCUT2D eigenvalue weighted by Crippen LogP contribution is 2.45. The fraction of sp³-hybridized carbons (Fsp3) is 0.448. The summed E-state index contributed by atoms with van der Waals surface area (Å²) in [6.45, 7) is 11.1. The number of thioether (sulfide) groups is 1. The number of nitrogens with one attached hydrogen (secondary N) is 1. The predicted octanol–water partition coefficient (Wildman–Crippen LogP) is 7.95. The molecule has 0 spiro atoms. The van der Waals surface area contributed by atoms with Crippen molar-refractivity contribution >= 4 is 55.4 Å². The lowest BCUT2D eigenvalue weighted by Crippen LogP contribution is -2.28. The quantitative estimate of drug-likeness (QED) is 0.220. The monoisotopic (exact) mass is 563 g/mol. The van der Waals surface area contributed by atoms with Crippen molar-refractivity contribution in [2.24, 2.45) is 11.3 Å². The SMILES string of the molecule is CCC(C)(C)C1CCc2c(sc(NC(=O)CSc3nnc(-c4csc5ccccc45)n3C(C)C)c2C#N)C1. The summed E-state index contributed by atoms with van der Waals surface area (Å²) in [6, 6.07) is 10.8. The maximum Gasteiger partial charge on any atom is 0.235 e. The molecule has 1 atom stereocenters. The van der Waals surface area contributed by atoms with Crippen LogP contribution in [-0.2, 0) is 17.6 Å².